The molecule has 322 valence electrons. The second kappa shape index (κ2) is 36.5. The molecule has 1 rings (SSSR count). The fourth-order valence-corrected chi connectivity index (χ4v) is 6.75. The predicted octanol–water partition coefficient (Wildman–Crippen LogP) is 9.33. The average molecular weight is 783 g/mol. The summed E-state index contributed by atoms with van der Waals surface area (Å²) in [6, 6.07) is 0. The summed E-state index contributed by atoms with van der Waals surface area (Å²) in [5.41, 5.74) is 0. The van der Waals surface area contributed by atoms with Gasteiger partial charge in [-0.05, 0) is 44.9 Å². The van der Waals surface area contributed by atoms with Crippen LogP contribution in [0.25, 0.3) is 0 Å². The number of hydrogen-bond donors (Lipinski definition) is 4. The Hall–Kier alpha value is -1.82. The van der Waals surface area contributed by atoms with Crippen LogP contribution in [0.5, 0.6) is 0 Å². The van der Waals surface area contributed by atoms with Crippen LogP contribution in [0.4, 0.5) is 0 Å². The molecule has 0 aromatic heterocycles. The molecule has 55 heavy (non-hydrogen) atoms. The van der Waals surface area contributed by atoms with Gasteiger partial charge >= 0.3 is 11.9 Å². The molecule has 0 aliphatic carbocycles. The Morgan fingerprint density at radius 3 is 1.55 bits per heavy atom. The second-order valence-corrected chi connectivity index (χ2v) is 15.5. The van der Waals surface area contributed by atoms with Gasteiger partial charge in [0.25, 0.3) is 0 Å². The Balaban J connectivity index is 2.34. The number of ether oxygens (including phenoxy) is 4. The molecule has 1 heterocycles. The summed E-state index contributed by atoms with van der Waals surface area (Å²) in [6.07, 6.45) is 31.8. The molecule has 0 amide bonds. The molecular formula is C45H82O10. The molecule has 0 saturated carbocycles. The van der Waals surface area contributed by atoms with Gasteiger partial charge in [-0.2, -0.15) is 0 Å². The van der Waals surface area contributed by atoms with Crippen molar-refractivity contribution in [2.45, 2.75) is 230 Å². The van der Waals surface area contributed by atoms with Gasteiger partial charge in [-0.1, -0.05) is 160 Å². The zero-order valence-corrected chi connectivity index (χ0v) is 34.9. The van der Waals surface area contributed by atoms with Gasteiger partial charge in [0.1, 0.15) is 31.0 Å². The van der Waals surface area contributed by atoms with E-state index in [1.165, 1.54) is 103 Å². The Labute approximate surface area is 334 Å². The van der Waals surface area contributed by atoms with Crippen LogP contribution < -0.4 is 0 Å². The van der Waals surface area contributed by atoms with Crippen molar-refractivity contribution in [3.05, 3.63) is 24.3 Å². The number of carbonyl (C=O) groups excluding carboxylic acids is 2. The molecule has 6 atom stereocenters. The number of allylic oxidation sites excluding steroid dienone is 4. The molecule has 4 N–H and O–H groups in total. The van der Waals surface area contributed by atoms with Gasteiger partial charge in [-0.3, -0.25) is 9.59 Å². The van der Waals surface area contributed by atoms with Crippen molar-refractivity contribution in [3.63, 3.8) is 0 Å². The highest BCUT2D eigenvalue weighted by Crippen LogP contribution is 2.23. The maximum atomic E-state index is 12.8. The lowest BCUT2D eigenvalue weighted by Crippen LogP contribution is -2.59. The molecule has 10 heteroatoms. The smallest absolute Gasteiger partial charge is 0.306 e. The van der Waals surface area contributed by atoms with Gasteiger partial charge in [0.05, 0.1) is 13.2 Å². The zero-order chi connectivity index (χ0) is 40.2. The quantitative estimate of drug-likeness (QED) is 0.0273. The van der Waals surface area contributed by atoms with E-state index in [1.54, 1.807) is 0 Å². The van der Waals surface area contributed by atoms with Crippen molar-refractivity contribution in [1.82, 2.24) is 0 Å². The minimum atomic E-state index is -1.59. The van der Waals surface area contributed by atoms with Gasteiger partial charge < -0.3 is 39.4 Å². The topological polar surface area (TPSA) is 152 Å². The van der Waals surface area contributed by atoms with Gasteiger partial charge in [0.15, 0.2) is 12.4 Å². The summed E-state index contributed by atoms with van der Waals surface area (Å²) in [4.78, 5) is 25.3. The van der Waals surface area contributed by atoms with Crippen molar-refractivity contribution in [3.8, 4) is 0 Å². The number of aliphatic hydroxyl groups excluding tert-OH is 4. The maximum Gasteiger partial charge on any atom is 0.306 e. The Bertz CT molecular complexity index is 954. The molecule has 0 aromatic rings. The van der Waals surface area contributed by atoms with Crippen molar-refractivity contribution in [2.75, 3.05) is 19.8 Å². The third-order valence-electron chi connectivity index (χ3n) is 10.3. The summed E-state index contributed by atoms with van der Waals surface area (Å²) < 4.78 is 22.1. The molecule has 0 radical (unpaired) electrons. The minimum Gasteiger partial charge on any atom is -0.462 e. The average Bonchev–Trinajstić information content (AvgIpc) is 3.18. The SMILES string of the molecule is CCCCC/C=C\C/C=C\CCCCCCCC(=O)O[C@H](COC(=O)CCCCCCCCCCCCCCCCC)CO[C@@H]1O[C@H](CO)[C@H](O)C(O)C1O. The third kappa shape index (κ3) is 28.3. The van der Waals surface area contributed by atoms with E-state index in [0.29, 0.717) is 6.42 Å². The lowest BCUT2D eigenvalue weighted by Gasteiger charge is -2.39. The van der Waals surface area contributed by atoms with E-state index in [2.05, 4.69) is 38.2 Å². The summed E-state index contributed by atoms with van der Waals surface area (Å²) in [5.74, 6) is -0.816. The first-order valence-corrected chi connectivity index (χ1v) is 22.4. The lowest BCUT2D eigenvalue weighted by atomic mass is 9.99. The Morgan fingerprint density at radius 2 is 1.02 bits per heavy atom. The van der Waals surface area contributed by atoms with Crippen molar-refractivity contribution >= 4 is 11.9 Å². The summed E-state index contributed by atoms with van der Waals surface area (Å²) >= 11 is 0. The van der Waals surface area contributed by atoms with E-state index in [9.17, 15) is 30.0 Å². The van der Waals surface area contributed by atoms with E-state index in [0.717, 1.165) is 57.8 Å². The summed E-state index contributed by atoms with van der Waals surface area (Å²) in [6.45, 7) is 3.39. The number of rotatable bonds is 37. The van der Waals surface area contributed by atoms with Crippen LogP contribution >= 0.6 is 0 Å². The zero-order valence-electron chi connectivity index (χ0n) is 34.9. The third-order valence-corrected chi connectivity index (χ3v) is 10.3. The first-order valence-electron chi connectivity index (χ1n) is 22.4. The molecule has 1 aliphatic heterocycles. The Morgan fingerprint density at radius 1 is 0.564 bits per heavy atom. The first-order chi connectivity index (χ1) is 26.8. The summed E-state index contributed by atoms with van der Waals surface area (Å²) in [5, 5.41) is 40.0. The van der Waals surface area contributed by atoms with Gasteiger partial charge in [0, 0.05) is 12.8 Å². The molecule has 10 nitrogen and oxygen atoms in total. The number of esters is 2. The molecular weight excluding hydrogens is 700 g/mol. The predicted molar refractivity (Wildman–Crippen MR) is 219 cm³/mol. The van der Waals surface area contributed by atoms with Crippen LogP contribution in [-0.2, 0) is 28.5 Å². The van der Waals surface area contributed by atoms with E-state index in [-0.39, 0.29) is 32.0 Å². The van der Waals surface area contributed by atoms with Crippen molar-refractivity contribution < 1.29 is 49.0 Å². The van der Waals surface area contributed by atoms with Crippen molar-refractivity contribution in [2.24, 2.45) is 0 Å². The van der Waals surface area contributed by atoms with Gasteiger partial charge in [-0.15, -0.1) is 0 Å². The molecule has 2 unspecified atom stereocenters. The van der Waals surface area contributed by atoms with Crippen LogP contribution in [0.3, 0.4) is 0 Å². The lowest BCUT2D eigenvalue weighted by molar-refractivity contribution is -0.305. The minimum absolute atomic E-state index is 0.216. The van der Waals surface area contributed by atoms with E-state index in [4.69, 9.17) is 18.9 Å². The fraction of sp³-hybridized carbons (Fsp3) is 0.867. The molecule has 0 spiro atoms. The van der Waals surface area contributed by atoms with Gasteiger partial charge in [-0.25, -0.2) is 0 Å². The van der Waals surface area contributed by atoms with Crippen LogP contribution in [-0.4, -0.2) is 89.0 Å². The highest BCUT2D eigenvalue weighted by molar-refractivity contribution is 5.70. The molecule has 1 fully saturated rings. The molecule has 1 aliphatic rings. The fourth-order valence-electron chi connectivity index (χ4n) is 6.75. The van der Waals surface area contributed by atoms with E-state index >= 15 is 0 Å². The Kier molecular flexibility index (Phi) is 34.0. The first kappa shape index (κ1) is 51.2. The van der Waals surface area contributed by atoms with Gasteiger partial charge in [0.2, 0.25) is 0 Å². The van der Waals surface area contributed by atoms with E-state index in [1.807, 2.05) is 0 Å². The maximum absolute atomic E-state index is 12.8. The van der Waals surface area contributed by atoms with Crippen LogP contribution in [0.15, 0.2) is 24.3 Å². The largest absolute Gasteiger partial charge is 0.462 e. The number of aliphatic hydroxyl groups is 4. The van der Waals surface area contributed by atoms with Crippen LogP contribution in [0, 0.1) is 0 Å². The molecule has 1 saturated heterocycles. The molecule has 0 aromatic carbocycles. The van der Waals surface area contributed by atoms with Crippen molar-refractivity contribution in [1.29, 1.82) is 0 Å². The van der Waals surface area contributed by atoms with E-state index < -0.39 is 49.4 Å². The molecule has 0 bridgehead atoms. The highest BCUT2D eigenvalue weighted by atomic mass is 16.7. The number of unbranched alkanes of at least 4 members (excludes halogenated alkanes) is 22. The monoisotopic (exact) mass is 783 g/mol. The normalized spacial score (nSPS) is 20.7. The number of carbonyl (C=O) groups is 2. The highest BCUT2D eigenvalue weighted by Gasteiger charge is 2.44. The van der Waals surface area contributed by atoms with Crippen LogP contribution in [0.1, 0.15) is 194 Å². The number of hydrogen-bond acceptors (Lipinski definition) is 10. The standard InChI is InChI=1S/C45H82O10/c1-3-5-7-9-11-13-15-17-19-21-23-25-27-29-31-33-40(47)52-36-38(37-53-45-44(51)43(50)42(49)39(35-46)55-45)54-41(48)34-32-30-28-26-24-22-20-18-16-14-12-10-8-6-4-2/h12,14,18,20,38-39,42-46,49-51H,3-11,13,15-17,19,21-37H2,1-2H3/b14-12-,20-18-/t38-,39-,42+,43?,44?,45-/m1/s1. The summed E-state index contributed by atoms with van der Waals surface area (Å²) in [7, 11) is 0. The second-order valence-electron chi connectivity index (χ2n) is 15.5. The van der Waals surface area contributed by atoms with Crippen LogP contribution in [0.2, 0.25) is 0 Å².